The summed E-state index contributed by atoms with van der Waals surface area (Å²) in [5.74, 6) is 1.70. The molecule has 0 fully saturated rings. The first-order valence-corrected chi connectivity index (χ1v) is 10.8. The van der Waals surface area contributed by atoms with E-state index >= 15 is 0 Å². The average Bonchev–Trinajstić information content (AvgIpc) is 2.85. The molecule has 33 heavy (non-hydrogen) atoms. The van der Waals surface area contributed by atoms with Crippen LogP contribution in [0.1, 0.15) is 23.7 Å². The van der Waals surface area contributed by atoms with E-state index in [-0.39, 0.29) is 11.8 Å². The molecule has 0 saturated carbocycles. The standard InChI is InChI=1S/C26H26N2O5/c1-18-26(30)28(15-6-16-32-22-7-4-3-5-8-22)23-17-20(11-14-24(23)33-18)27-25(29)19-9-12-21(31-2)13-10-19/h3-5,7-14,17-18H,6,15-16H2,1-2H3,(H,27,29). The highest BCUT2D eigenvalue weighted by molar-refractivity contribution is 6.05. The summed E-state index contributed by atoms with van der Waals surface area (Å²) in [6.45, 7) is 2.69. The Bertz CT molecular complexity index is 1120. The Kier molecular flexibility index (Phi) is 6.78. The quantitative estimate of drug-likeness (QED) is 0.515. The maximum atomic E-state index is 12.8. The van der Waals surface area contributed by atoms with E-state index in [1.807, 2.05) is 30.3 Å². The zero-order valence-electron chi connectivity index (χ0n) is 18.6. The largest absolute Gasteiger partial charge is 0.497 e. The van der Waals surface area contributed by atoms with Gasteiger partial charge in [0.25, 0.3) is 11.8 Å². The lowest BCUT2D eigenvalue weighted by Gasteiger charge is -2.33. The normalized spacial score (nSPS) is 14.8. The molecule has 3 aromatic rings. The van der Waals surface area contributed by atoms with Crippen molar-refractivity contribution < 1.29 is 23.8 Å². The number of carbonyl (C=O) groups excluding carboxylic acids is 2. The highest BCUT2D eigenvalue weighted by Crippen LogP contribution is 2.36. The minimum atomic E-state index is -0.577. The SMILES string of the molecule is COc1ccc(C(=O)Nc2ccc3c(c2)N(CCCOc2ccccc2)C(=O)C(C)O3)cc1. The van der Waals surface area contributed by atoms with Gasteiger partial charge in [0, 0.05) is 17.8 Å². The average molecular weight is 447 g/mol. The Balaban J connectivity index is 1.45. The molecule has 1 aliphatic rings. The molecule has 1 N–H and O–H groups in total. The highest BCUT2D eigenvalue weighted by Gasteiger charge is 2.31. The fraction of sp³-hybridized carbons (Fsp3) is 0.231. The molecule has 1 aliphatic heterocycles. The first-order valence-electron chi connectivity index (χ1n) is 10.8. The molecular formula is C26H26N2O5. The van der Waals surface area contributed by atoms with E-state index < -0.39 is 6.10 Å². The van der Waals surface area contributed by atoms with Crippen LogP contribution in [0.4, 0.5) is 11.4 Å². The van der Waals surface area contributed by atoms with E-state index in [0.717, 1.165) is 5.75 Å². The van der Waals surface area contributed by atoms with Crippen molar-refractivity contribution in [1.82, 2.24) is 0 Å². The summed E-state index contributed by atoms with van der Waals surface area (Å²) < 4.78 is 16.7. The predicted molar refractivity (Wildman–Crippen MR) is 126 cm³/mol. The zero-order chi connectivity index (χ0) is 23.2. The van der Waals surface area contributed by atoms with Gasteiger partial charge in [-0.05, 0) is 67.9 Å². The summed E-state index contributed by atoms with van der Waals surface area (Å²) in [5.41, 5.74) is 1.71. The Morgan fingerprint density at radius 3 is 2.52 bits per heavy atom. The number of anilines is 2. The molecule has 2 amide bonds. The van der Waals surface area contributed by atoms with Crippen LogP contribution >= 0.6 is 0 Å². The second kappa shape index (κ2) is 10.1. The van der Waals surface area contributed by atoms with Crippen LogP contribution in [0.5, 0.6) is 17.2 Å². The molecule has 0 radical (unpaired) electrons. The van der Waals surface area contributed by atoms with Gasteiger partial charge in [-0.25, -0.2) is 0 Å². The summed E-state index contributed by atoms with van der Waals surface area (Å²) in [5, 5.41) is 2.88. The lowest BCUT2D eigenvalue weighted by atomic mass is 10.1. The molecular weight excluding hydrogens is 420 g/mol. The number of amides is 2. The molecule has 1 heterocycles. The van der Waals surface area contributed by atoms with E-state index in [9.17, 15) is 9.59 Å². The third-order valence-corrected chi connectivity index (χ3v) is 5.32. The molecule has 7 nitrogen and oxygen atoms in total. The van der Waals surface area contributed by atoms with Crippen molar-refractivity contribution in [2.24, 2.45) is 0 Å². The number of rotatable bonds is 8. The molecule has 7 heteroatoms. The molecule has 0 aromatic heterocycles. The molecule has 0 bridgehead atoms. The maximum absolute atomic E-state index is 12.8. The predicted octanol–water partition coefficient (Wildman–Crippen LogP) is 4.53. The summed E-state index contributed by atoms with van der Waals surface area (Å²) in [7, 11) is 1.58. The van der Waals surface area contributed by atoms with Gasteiger partial charge in [0.15, 0.2) is 6.10 Å². The molecule has 0 aliphatic carbocycles. The van der Waals surface area contributed by atoms with Crippen LogP contribution in [0.15, 0.2) is 72.8 Å². The monoisotopic (exact) mass is 446 g/mol. The number of fused-ring (bicyclic) bond motifs is 1. The third-order valence-electron chi connectivity index (χ3n) is 5.32. The number of carbonyl (C=O) groups is 2. The van der Waals surface area contributed by atoms with Crippen molar-refractivity contribution in [1.29, 1.82) is 0 Å². The van der Waals surface area contributed by atoms with E-state index in [1.165, 1.54) is 0 Å². The third kappa shape index (κ3) is 5.26. The Morgan fingerprint density at radius 2 is 1.79 bits per heavy atom. The van der Waals surface area contributed by atoms with Crippen LogP contribution in [0, 0.1) is 0 Å². The van der Waals surface area contributed by atoms with Crippen LogP contribution in [0.2, 0.25) is 0 Å². The molecule has 4 rings (SSSR count). The minimum Gasteiger partial charge on any atom is -0.497 e. The van der Waals surface area contributed by atoms with Gasteiger partial charge in [0.2, 0.25) is 0 Å². The zero-order valence-corrected chi connectivity index (χ0v) is 18.6. The van der Waals surface area contributed by atoms with Crippen LogP contribution < -0.4 is 24.4 Å². The first kappa shape index (κ1) is 22.2. The maximum Gasteiger partial charge on any atom is 0.267 e. The van der Waals surface area contributed by atoms with Gasteiger partial charge < -0.3 is 24.4 Å². The number of methoxy groups -OCH3 is 1. The number of ether oxygens (including phenoxy) is 3. The van der Waals surface area contributed by atoms with Crippen LogP contribution in [-0.4, -0.2) is 38.2 Å². The lowest BCUT2D eigenvalue weighted by molar-refractivity contribution is -0.125. The van der Waals surface area contributed by atoms with Crippen molar-refractivity contribution in [3.8, 4) is 17.2 Å². The minimum absolute atomic E-state index is 0.124. The summed E-state index contributed by atoms with van der Waals surface area (Å²) >= 11 is 0. The molecule has 170 valence electrons. The molecule has 3 aromatic carbocycles. The van der Waals surface area contributed by atoms with Gasteiger partial charge in [-0.15, -0.1) is 0 Å². The van der Waals surface area contributed by atoms with Gasteiger partial charge in [-0.2, -0.15) is 0 Å². The fourth-order valence-corrected chi connectivity index (χ4v) is 3.59. The summed E-state index contributed by atoms with van der Waals surface area (Å²) in [4.78, 5) is 27.2. The Labute approximate surface area is 192 Å². The molecule has 0 saturated heterocycles. The van der Waals surface area contributed by atoms with E-state index in [1.54, 1.807) is 61.4 Å². The molecule has 1 atom stereocenters. The Morgan fingerprint density at radius 1 is 1.03 bits per heavy atom. The van der Waals surface area contributed by atoms with Crippen LogP contribution in [0.3, 0.4) is 0 Å². The van der Waals surface area contributed by atoms with Crippen molar-refractivity contribution >= 4 is 23.2 Å². The van der Waals surface area contributed by atoms with Gasteiger partial charge in [-0.1, -0.05) is 18.2 Å². The molecule has 0 spiro atoms. The number of benzene rings is 3. The number of nitrogens with one attached hydrogen (secondary N) is 1. The van der Waals surface area contributed by atoms with E-state index in [2.05, 4.69) is 5.32 Å². The number of hydrogen-bond donors (Lipinski definition) is 1. The van der Waals surface area contributed by atoms with Crippen LogP contribution in [0.25, 0.3) is 0 Å². The fourth-order valence-electron chi connectivity index (χ4n) is 3.59. The Hall–Kier alpha value is -4.00. The van der Waals surface area contributed by atoms with Gasteiger partial charge in [-0.3, -0.25) is 9.59 Å². The van der Waals surface area contributed by atoms with Gasteiger partial charge in [0.05, 0.1) is 19.4 Å². The van der Waals surface area contributed by atoms with E-state index in [0.29, 0.717) is 48.0 Å². The summed E-state index contributed by atoms with van der Waals surface area (Å²) in [6, 6.07) is 21.7. The van der Waals surface area contributed by atoms with Crippen molar-refractivity contribution in [3.05, 3.63) is 78.4 Å². The summed E-state index contributed by atoms with van der Waals surface area (Å²) in [6.07, 6.45) is 0.0715. The van der Waals surface area contributed by atoms with Crippen LogP contribution in [-0.2, 0) is 4.79 Å². The molecule has 1 unspecified atom stereocenters. The van der Waals surface area contributed by atoms with E-state index in [4.69, 9.17) is 14.2 Å². The number of para-hydroxylation sites is 1. The highest BCUT2D eigenvalue weighted by atomic mass is 16.5. The topological polar surface area (TPSA) is 77.1 Å². The number of nitrogens with zero attached hydrogens (tertiary/aromatic N) is 1. The van der Waals surface area contributed by atoms with Crippen molar-refractivity contribution in [3.63, 3.8) is 0 Å². The van der Waals surface area contributed by atoms with Crippen molar-refractivity contribution in [2.75, 3.05) is 30.5 Å². The second-order valence-corrected chi connectivity index (χ2v) is 7.63. The van der Waals surface area contributed by atoms with Gasteiger partial charge in [0.1, 0.15) is 17.2 Å². The number of hydrogen-bond acceptors (Lipinski definition) is 5. The lowest BCUT2D eigenvalue weighted by Crippen LogP contribution is -2.45. The van der Waals surface area contributed by atoms with Crippen molar-refractivity contribution in [2.45, 2.75) is 19.4 Å². The smallest absolute Gasteiger partial charge is 0.267 e. The van der Waals surface area contributed by atoms with Gasteiger partial charge >= 0.3 is 0 Å². The first-order chi connectivity index (χ1) is 16.0. The second-order valence-electron chi connectivity index (χ2n) is 7.63.